The van der Waals surface area contributed by atoms with Crippen molar-refractivity contribution < 1.29 is 52.3 Å². The maximum atomic E-state index is 13.9. The third-order valence-corrected chi connectivity index (χ3v) is 10.3. The summed E-state index contributed by atoms with van der Waals surface area (Å²) in [6.45, 7) is 25.2. The third-order valence-electron chi connectivity index (χ3n) is 10.3. The molecule has 0 N–H and O–H groups in total. The Bertz CT molecular complexity index is 1530. The summed E-state index contributed by atoms with van der Waals surface area (Å²) >= 11 is 0. The number of allylic oxidation sites excluding steroid dienone is 2. The second kappa shape index (κ2) is 20.9. The van der Waals surface area contributed by atoms with Crippen LogP contribution in [0.2, 0.25) is 0 Å². The van der Waals surface area contributed by atoms with Crippen LogP contribution in [0.4, 0.5) is 0 Å². The SMILES string of the molecule is C=CCC[C@@]1(C[C@@H](C=C)OC(C)=O)N=C(OC)[C@@](CC(=O)OC(=O)C[C@]2(C(C)C)N=C(OC)[C@](CCC=C)(C[C@@H](C=C)OC(C)=O)N=C2OC)(C(C)C)N=C1OC. The monoisotopic (exact) mass is 798 g/mol. The molecule has 0 fully saturated rings. The van der Waals surface area contributed by atoms with E-state index in [1.54, 1.807) is 12.2 Å². The number of methoxy groups -OCH3 is 4. The second-order valence-electron chi connectivity index (χ2n) is 14.7. The van der Waals surface area contributed by atoms with E-state index < -0.39 is 82.9 Å². The van der Waals surface area contributed by atoms with E-state index in [0.717, 1.165) is 0 Å². The molecule has 316 valence electrons. The van der Waals surface area contributed by atoms with Gasteiger partial charge in [0, 0.05) is 26.7 Å². The highest BCUT2D eigenvalue weighted by Gasteiger charge is 2.55. The number of hydrogen-bond acceptors (Lipinski definition) is 15. The molecule has 0 aromatic carbocycles. The quantitative estimate of drug-likeness (QED) is 0.0587. The van der Waals surface area contributed by atoms with Gasteiger partial charge in [0.1, 0.15) is 23.3 Å². The number of nitrogens with zero attached hydrogens (tertiary/aromatic N) is 4. The molecule has 15 nitrogen and oxygen atoms in total. The van der Waals surface area contributed by atoms with Gasteiger partial charge in [-0.25, -0.2) is 20.0 Å². The standard InChI is InChI=1S/C42H62N4O11/c1-15-19-21-39(23-31(17-3)55-29(9)47)35(51-11)45-41(27(5)6,37(43-39)53-13)25-33(49)57-34(50)26-42(28(7)8)38(54-14)44-40(22-20-16-2,36(46-42)52-12)24-32(18-4)56-30(10)48/h15-18,27-28,31-32H,1-4,19-26H2,5-14H3/t31-,32-,39+,40+,41-,42-/m1/s1. The van der Waals surface area contributed by atoms with Gasteiger partial charge < -0.3 is 33.2 Å². The molecule has 15 heteroatoms. The highest BCUT2D eigenvalue weighted by Crippen LogP contribution is 2.42. The van der Waals surface area contributed by atoms with Crippen LogP contribution >= 0.6 is 0 Å². The fraction of sp³-hybridized carbons (Fsp3) is 0.619. The van der Waals surface area contributed by atoms with Crippen molar-refractivity contribution in [2.24, 2.45) is 31.8 Å². The molecule has 6 atom stereocenters. The summed E-state index contributed by atoms with van der Waals surface area (Å²) in [7, 11) is 5.71. The van der Waals surface area contributed by atoms with Gasteiger partial charge in [-0.3, -0.25) is 19.2 Å². The molecule has 57 heavy (non-hydrogen) atoms. The Morgan fingerprint density at radius 3 is 1.16 bits per heavy atom. The zero-order valence-electron chi connectivity index (χ0n) is 35.4. The van der Waals surface area contributed by atoms with Crippen LogP contribution in [0.1, 0.15) is 92.9 Å². The number of carbonyl (C=O) groups excluding carboxylic acids is 4. The van der Waals surface area contributed by atoms with Gasteiger partial charge in [-0.05, 0) is 37.5 Å². The van der Waals surface area contributed by atoms with Crippen molar-refractivity contribution in [1.29, 1.82) is 0 Å². The van der Waals surface area contributed by atoms with Crippen LogP contribution in [0.3, 0.4) is 0 Å². The molecule has 0 amide bonds. The molecule has 2 aliphatic heterocycles. The van der Waals surface area contributed by atoms with E-state index in [0.29, 0.717) is 25.7 Å². The van der Waals surface area contributed by atoms with Gasteiger partial charge in [0.2, 0.25) is 23.6 Å². The first-order valence-corrected chi connectivity index (χ1v) is 19.0. The Balaban J connectivity index is 2.60. The first kappa shape index (κ1) is 48.1. The van der Waals surface area contributed by atoms with Crippen LogP contribution < -0.4 is 0 Å². The van der Waals surface area contributed by atoms with Crippen LogP contribution in [-0.4, -0.2) is 110 Å². The van der Waals surface area contributed by atoms with Gasteiger partial charge in [-0.2, -0.15) is 0 Å². The molecule has 2 aliphatic rings. The fourth-order valence-corrected chi connectivity index (χ4v) is 7.21. The second-order valence-corrected chi connectivity index (χ2v) is 14.7. The number of rotatable bonds is 20. The highest BCUT2D eigenvalue weighted by atomic mass is 16.6. The predicted molar refractivity (Wildman–Crippen MR) is 218 cm³/mol. The number of ether oxygens (including phenoxy) is 7. The van der Waals surface area contributed by atoms with Crippen LogP contribution in [0.25, 0.3) is 0 Å². The Morgan fingerprint density at radius 2 is 0.912 bits per heavy atom. The molecule has 0 radical (unpaired) electrons. The van der Waals surface area contributed by atoms with Crippen LogP contribution in [0, 0.1) is 11.8 Å². The number of carbonyl (C=O) groups is 4. The largest absolute Gasteiger partial charge is 0.483 e. The minimum absolute atomic E-state index is 0.105. The first-order chi connectivity index (χ1) is 26.9. The van der Waals surface area contributed by atoms with E-state index >= 15 is 0 Å². The lowest BCUT2D eigenvalue weighted by molar-refractivity contribution is -0.161. The molecule has 0 spiro atoms. The van der Waals surface area contributed by atoms with Gasteiger partial charge in [-0.15, -0.1) is 13.2 Å². The van der Waals surface area contributed by atoms with Crippen molar-refractivity contribution in [3.63, 3.8) is 0 Å². The van der Waals surface area contributed by atoms with Crippen molar-refractivity contribution in [1.82, 2.24) is 0 Å². The van der Waals surface area contributed by atoms with Gasteiger partial charge in [-0.1, -0.05) is 65.2 Å². The topological polar surface area (TPSA) is 182 Å². The molecule has 2 rings (SSSR count). The lowest BCUT2D eigenvalue weighted by atomic mass is 9.78. The molecule has 0 bridgehead atoms. The smallest absolute Gasteiger partial charge is 0.316 e. The lowest BCUT2D eigenvalue weighted by Gasteiger charge is -2.43. The summed E-state index contributed by atoms with van der Waals surface area (Å²) in [4.78, 5) is 71.6. The third kappa shape index (κ3) is 11.1. The molecule has 0 aromatic heterocycles. The predicted octanol–water partition coefficient (Wildman–Crippen LogP) is 6.26. The molecular formula is C42H62N4O11. The van der Waals surface area contributed by atoms with E-state index in [1.807, 2.05) is 27.7 Å². The summed E-state index contributed by atoms with van der Waals surface area (Å²) in [6.07, 6.45) is 5.99. The van der Waals surface area contributed by atoms with Gasteiger partial charge >= 0.3 is 23.9 Å². The highest BCUT2D eigenvalue weighted by molar-refractivity contribution is 6.04. The average Bonchev–Trinajstić information content (AvgIpc) is 3.15. The summed E-state index contributed by atoms with van der Waals surface area (Å²) in [5, 5.41) is 0. The molecule has 0 aromatic rings. The Labute approximate surface area is 337 Å². The molecule has 0 aliphatic carbocycles. The Morgan fingerprint density at radius 1 is 0.579 bits per heavy atom. The normalized spacial score (nSPS) is 25.3. The van der Waals surface area contributed by atoms with Crippen molar-refractivity contribution in [2.45, 2.75) is 127 Å². The van der Waals surface area contributed by atoms with E-state index in [-0.39, 0.29) is 36.4 Å². The van der Waals surface area contributed by atoms with Crippen LogP contribution in [-0.2, 0) is 52.3 Å². The summed E-state index contributed by atoms with van der Waals surface area (Å²) < 4.78 is 39.9. The molecule has 0 saturated heterocycles. The van der Waals surface area contributed by atoms with E-state index in [1.165, 1.54) is 54.4 Å². The van der Waals surface area contributed by atoms with Gasteiger partial charge in [0.05, 0.1) is 41.3 Å². The Hall–Kier alpha value is -5.08. The summed E-state index contributed by atoms with van der Waals surface area (Å²) in [6, 6.07) is 0. The van der Waals surface area contributed by atoms with Gasteiger partial charge in [0.25, 0.3) is 0 Å². The maximum Gasteiger partial charge on any atom is 0.316 e. The zero-order chi connectivity index (χ0) is 43.2. The maximum absolute atomic E-state index is 13.9. The number of esters is 4. The molecule has 0 saturated carbocycles. The first-order valence-electron chi connectivity index (χ1n) is 19.0. The minimum atomic E-state index is -1.45. The molecule has 0 unspecified atom stereocenters. The molecular weight excluding hydrogens is 736 g/mol. The Kier molecular flexibility index (Phi) is 17.6. The van der Waals surface area contributed by atoms with Crippen molar-refractivity contribution in [3.05, 3.63) is 50.6 Å². The fourth-order valence-electron chi connectivity index (χ4n) is 7.21. The average molecular weight is 799 g/mol. The lowest BCUT2D eigenvalue weighted by Crippen LogP contribution is -2.56. The van der Waals surface area contributed by atoms with E-state index in [4.69, 9.17) is 53.1 Å². The van der Waals surface area contributed by atoms with E-state index in [9.17, 15) is 19.2 Å². The van der Waals surface area contributed by atoms with Crippen molar-refractivity contribution in [3.8, 4) is 0 Å². The van der Waals surface area contributed by atoms with Crippen molar-refractivity contribution in [2.75, 3.05) is 28.4 Å². The van der Waals surface area contributed by atoms with Crippen LogP contribution in [0.5, 0.6) is 0 Å². The number of aliphatic imine (C=N–C) groups is 4. The summed E-state index contributed by atoms with van der Waals surface area (Å²) in [5.74, 6) is -3.09. The number of hydrogen-bond donors (Lipinski definition) is 0. The van der Waals surface area contributed by atoms with Crippen molar-refractivity contribution >= 4 is 47.5 Å². The van der Waals surface area contributed by atoms with Gasteiger partial charge in [0.15, 0.2) is 11.1 Å². The minimum Gasteiger partial charge on any atom is -0.483 e. The summed E-state index contributed by atoms with van der Waals surface area (Å²) in [5.41, 5.74) is -5.25. The zero-order valence-corrected chi connectivity index (χ0v) is 35.4. The molecule has 2 heterocycles. The van der Waals surface area contributed by atoms with E-state index in [2.05, 4.69) is 26.3 Å². The van der Waals surface area contributed by atoms with Crippen LogP contribution in [0.15, 0.2) is 70.6 Å².